The number of carbonyl (C=O) groups excluding carboxylic acids is 1. The second-order valence-electron chi connectivity index (χ2n) is 9.13. The summed E-state index contributed by atoms with van der Waals surface area (Å²) in [7, 11) is -6.86. The number of nitrogens with zero attached hydrogens (tertiary/aromatic N) is 4. The van der Waals surface area contributed by atoms with Gasteiger partial charge in [-0.2, -0.15) is 0 Å². The molecule has 194 valence electrons. The van der Waals surface area contributed by atoms with E-state index in [9.17, 15) is 26.0 Å². The first-order valence-corrected chi connectivity index (χ1v) is 14.1. The molecule has 14 heteroatoms. The summed E-state index contributed by atoms with van der Waals surface area (Å²) in [6.07, 6.45) is 1.50. The number of pyridine rings is 1. The lowest BCUT2D eigenvalue weighted by atomic mass is 9.77. The molecule has 10 nitrogen and oxygen atoms in total. The molecular weight excluding hydrogens is 516 g/mol. The van der Waals surface area contributed by atoms with Crippen LogP contribution in [0.25, 0.3) is 0 Å². The number of aromatic nitrogens is 1. The second-order valence-corrected chi connectivity index (χ2v) is 13.4. The molecule has 0 bridgehead atoms. The van der Waals surface area contributed by atoms with Crippen LogP contribution in [0.4, 0.5) is 8.78 Å². The van der Waals surface area contributed by atoms with E-state index in [0.717, 1.165) is 33.2 Å². The monoisotopic (exact) mass is 541 g/mol. The first-order chi connectivity index (χ1) is 16.6. The molecule has 0 saturated carbocycles. The maximum Gasteiger partial charge on any atom is 0.247 e. The normalized spacial score (nSPS) is 26.2. The van der Waals surface area contributed by atoms with Crippen molar-refractivity contribution in [2.24, 2.45) is 10.7 Å². The van der Waals surface area contributed by atoms with Gasteiger partial charge < -0.3 is 5.73 Å². The van der Waals surface area contributed by atoms with Gasteiger partial charge in [0, 0.05) is 32.1 Å². The van der Waals surface area contributed by atoms with Crippen molar-refractivity contribution in [1.82, 2.24) is 13.6 Å². The van der Waals surface area contributed by atoms with E-state index >= 15 is 4.39 Å². The Hall–Kier alpha value is -2.97. The largest absolute Gasteiger partial charge is 0.369 e. The topological polar surface area (TPSA) is 143 Å². The number of ketones is 1. The van der Waals surface area contributed by atoms with Gasteiger partial charge in [0.15, 0.2) is 5.78 Å². The highest BCUT2D eigenvalue weighted by Crippen LogP contribution is 2.52. The standard InChI is InChI=1S/C22H25F2N5O5S2/c1-21(16-10-14(4-6-17(16)24)11-19(30)18-7-5-15(23)12-26-18)22(8-9-29(13-22)35(3,31)32)36(33,34)28(2)20(25)27-21/h4-7,10,12H,8-9,11,13H2,1-3H3,(H2,25,27)/t21-,22+/m1/s1. The van der Waals surface area contributed by atoms with E-state index in [-0.39, 0.29) is 36.6 Å². The van der Waals surface area contributed by atoms with Gasteiger partial charge in [-0.25, -0.2) is 39.2 Å². The Morgan fingerprint density at radius 1 is 1.22 bits per heavy atom. The van der Waals surface area contributed by atoms with Crippen LogP contribution in [0.3, 0.4) is 0 Å². The summed E-state index contributed by atoms with van der Waals surface area (Å²) in [5, 5.41) is 0. The molecule has 2 aliphatic heterocycles. The zero-order valence-corrected chi connectivity index (χ0v) is 21.4. The first-order valence-electron chi connectivity index (χ1n) is 10.8. The van der Waals surface area contributed by atoms with E-state index in [1.165, 1.54) is 32.2 Å². The number of hydrogen-bond acceptors (Lipinski definition) is 8. The Morgan fingerprint density at radius 3 is 2.50 bits per heavy atom. The highest BCUT2D eigenvalue weighted by atomic mass is 32.2. The Kier molecular flexibility index (Phi) is 6.21. The average molecular weight is 542 g/mol. The molecule has 1 fully saturated rings. The molecule has 2 aromatic rings. The van der Waals surface area contributed by atoms with Crippen molar-refractivity contribution >= 4 is 31.8 Å². The van der Waals surface area contributed by atoms with Crippen molar-refractivity contribution in [1.29, 1.82) is 0 Å². The van der Waals surface area contributed by atoms with E-state index in [0.29, 0.717) is 5.56 Å². The van der Waals surface area contributed by atoms with Gasteiger partial charge in [-0.1, -0.05) is 6.07 Å². The van der Waals surface area contributed by atoms with Crippen LogP contribution in [0.2, 0.25) is 0 Å². The smallest absolute Gasteiger partial charge is 0.247 e. The minimum atomic E-state index is -4.31. The molecular formula is C22H25F2N5O5S2. The van der Waals surface area contributed by atoms with E-state index in [1.54, 1.807) is 0 Å². The van der Waals surface area contributed by atoms with Crippen LogP contribution in [-0.2, 0) is 32.0 Å². The van der Waals surface area contributed by atoms with Crippen molar-refractivity contribution in [3.8, 4) is 0 Å². The fraction of sp³-hybridized carbons (Fsp3) is 0.409. The molecule has 1 aromatic heterocycles. The zero-order valence-electron chi connectivity index (χ0n) is 19.8. The minimum Gasteiger partial charge on any atom is -0.369 e. The highest BCUT2D eigenvalue weighted by molar-refractivity contribution is 7.91. The van der Waals surface area contributed by atoms with Gasteiger partial charge in [0.05, 0.1) is 12.5 Å². The summed E-state index contributed by atoms with van der Waals surface area (Å²) < 4.78 is 80.5. The van der Waals surface area contributed by atoms with Gasteiger partial charge in [-0.3, -0.25) is 9.78 Å². The summed E-state index contributed by atoms with van der Waals surface area (Å²) in [6, 6.07) is 6.11. The number of nitrogens with two attached hydrogens (primary N) is 1. The van der Waals surface area contributed by atoms with Crippen molar-refractivity contribution in [2.75, 3.05) is 26.4 Å². The number of halogens is 2. The Balaban J connectivity index is 1.84. The van der Waals surface area contributed by atoms with Gasteiger partial charge in [-0.05, 0) is 43.2 Å². The van der Waals surface area contributed by atoms with E-state index in [2.05, 4.69) is 9.98 Å². The van der Waals surface area contributed by atoms with Crippen LogP contribution < -0.4 is 5.73 Å². The number of rotatable bonds is 5. The number of hydrogen-bond donors (Lipinski definition) is 1. The van der Waals surface area contributed by atoms with Crippen molar-refractivity contribution in [2.45, 2.75) is 30.1 Å². The fourth-order valence-corrected chi connectivity index (χ4v) is 7.95. The molecule has 2 N–H and O–H groups in total. The zero-order chi connectivity index (χ0) is 26.7. The minimum absolute atomic E-state index is 0.00804. The molecule has 0 unspecified atom stereocenters. The lowest BCUT2D eigenvalue weighted by Gasteiger charge is -2.48. The van der Waals surface area contributed by atoms with Crippen molar-refractivity contribution in [3.63, 3.8) is 0 Å². The quantitative estimate of drug-likeness (QED) is 0.556. The molecule has 2 aliphatic rings. The molecule has 4 rings (SSSR count). The van der Waals surface area contributed by atoms with Crippen LogP contribution >= 0.6 is 0 Å². The third kappa shape index (κ3) is 3.96. The summed E-state index contributed by atoms with van der Waals surface area (Å²) in [5.41, 5.74) is 4.32. The molecule has 0 radical (unpaired) electrons. The van der Waals surface area contributed by atoms with Gasteiger partial charge in [0.2, 0.25) is 26.0 Å². The number of aliphatic imine (C=N–C) groups is 1. The maximum atomic E-state index is 15.4. The molecule has 36 heavy (non-hydrogen) atoms. The van der Waals surface area contributed by atoms with Gasteiger partial charge >= 0.3 is 0 Å². The van der Waals surface area contributed by atoms with Gasteiger partial charge in [0.25, 0.3) is 0 Å². The second kappa shape index (κ2) is 8.56. The molecule has 2 atom stereocenters. The van der Waals surface area contributed by atoms with Crippen LogP contribution in [0.5, 0.6) is 0 Å². The van der Waals surface area contributed by atoms with Gasteiger partial charge in [-0.15, -0.1) is 0 Å². The summed E-state index contributed by atoms with van der Waals surface area (Å²) in [4.78, 5) is 20.8. The fourth-order valence-electron chi connectivity index (χ4n) is 4.85. The van der Waals surface area contributed by atoms with Gasteiger partial charge in [0.1, 0.15) is 27.6 Å². The molecule has 1 saturated heterocycles. The van der Waals surface area contributed by atoms with Crippen LogP contribution in [0.15, 0.2) is 41.5 Å². The Labute approximate surface area is 207 Å². The number of Topliss-reactive ketones (excluding diaryl/α,β-unsaturated/α-hetero) is 1. The van der Waals surface area contributed by atoms with Crippen LogP contribution in [-0.4, -0.2) is 73.3 Å². The number of guanidine groups is 1. The third-order valence-corrected chi connectivity index (χ3v) is 10.9. The maximum absolute atomic E-state index is 15.4. The molecule has 3 heterocycles. The summed E-state index contributed by atoms with van der Waals surface area (Å²) in [6.45, 7) is 0.850. The number of sulfonamides is 2. The number of carbonyl (C=O) groups is 1. The summed E-state index contributed by atoms with van der Waals surface area (Å²) >= 11 is 0. The lowest BCUT2D eigenvalue weighted by molar-refractivity contribution is 0.0988. The lowest BCUT2D eigenvalue weighted by Crippen LogP contribution is -2.66. The van der Waals surface area contributed by atoms with Crippen LogP contribution in [0, 0.1) is 11.6 Å². The molecule has 1 aromatic carbocycles. The number of benzene rings is 1. The molecule has 0 aliphatic carbocycles. The predicted molar refractivity (Wildman–Crippen MR) is 128 cm³/mol. The predicted octanol–water partition coefficient (Wildman–Crippen LogP) is 0.994. The average Bonchev–Trinajstić information content (AvgIpc) is 3.28. The van der Waals surface area contributed by atoms with E-state index in [1.807, 2.05) is 0 Å². The molecule has 1 spiro atoms. The van der Waals surface area contributed by atoms with Crippen molar-refractivity contribution < 1.29 is 30.4 Å². The Bertz CT molecular complexity index is 1480. The Morgan fingerprint density at radius 2 is 1.92 bits per heavy atom. The SMILES string of the molecule is CN1C(N)=N[C@](C)(c2cc(CC(=O)c3ccc(F)cn3)ccc2F)[C@@]2(CCN(S(C)(=O)=O)C2)S1(=O)=O. The van der Waals surface area contributed by atoms with Crippen LogP contribution in [0.1, 0.15) is 35.0 Å². The van der Waals surface area contributed by atoms with E-state index < -0.39 is 54.3 Å². The molecule has 0 amide bonds. The van der Waals surface area contributed by atoms with Crippen molar-refractivity contribution in [3.05, 3.63) is 65.0 Å². The first kappa shape index (κ1) is 26.1. The van der Waals surface area contributed by atoms with E-state index in [4.69, 9.17) is 5.73 Å². The highest BCUT2D eigenvalue weighted by Gasteiger charge is 2.66. The summed E-state index contributed by atoms with van der Waals surface area (Å²) in [5.74, 6) is -2.23. The third-order valence-electron chi connectivity index (χ3n) is 7.00.